The van der Waals surface area contributed by atoms with Crippen LogP contribution in [-0.4, -0.2) is 30.1 Å². The SMILES string of the molecule is C=C(NC1CCC(C)(C)CC1)C(=C/C)/C=C(\C)C1CC1NCC1CCSCC1. The highest BCUT2D eigenvalue weighted by Gasteiger charge is 2.38. The smallest absolute Gasteiger partial charge is 0.0339 e. The first-order chi connectivity index (χ1) is 13.4. The summed E-state index contributed by atoms with van der Waals surface area (Å²) >= 11 is 2.12. The van der Waals surface area contributed by atoms with Gasteiger partial charge in [0.2, 0.25) is 0 Å². The van der Waals surface area contributed by atoms with Crippen LogP contribution in [0.1, 0.15) is 72.6 Å². The number of hydrogen-bond donors (Lipinski definition) is 2. The Balaban J connectivity index is 1.44. The molecule has 0 amide bonds. The van der Waals surface area contributed by atoms with Crippen LogP contribution in [0.2, 0.25) is 0 Å². The molecule has 2 aliphatic carbocycles. The number of allylic oxidation sites excluding steroid dienone is 2. The van der Waals surface area contributed by atoms with Crippen molar-refractivity contribution in [3.8, 4) is 0 Å². The second-order valence-electron chi connectivity index (χ2n) is 10.1. The summed E-state index contributed by atoms with van der Waals surface area (Å²) in [6.45, 7) is 14.8. The van der Waals surface area contributed by atoms with E-state index in [1.165, 1.54) is 74.1 Å². The van der Waals surface area contributed by atoms with Gasteiger partial charge in [-0.05, 0) is 99.7 Å². The van der Waals surface area contributed by atoms with Crippen LogP contribution in [0.4, 0.5) is 0 Å². The highest BCUT2D eigenvalue weighted by Crippen LogP contribution is 2.39. The van der Waals surface area contributed by atoms with Crippen LogP contribution >= 0.6 is 11.8 Å². The maximum atomic E-state index is 4.36. The maximum absolute atomic E-state index is 4.36. The average molecular weight is 403 g/mol. The van der Waals surface area contributed by atoms with Crippen LogP contribution in [0.3, 0.4) is 0 Å². The second kappa shape index (κ2) is 9.89. The Morgan fingerprint density at radius 1 is 1.14 bits per heavy atom. The lowest BCUT2D eigenvalue weighted by atomic mass is 9.75. The van der Waals surface area contributed by atoms with E-state index in [9.17, 15) is 0 Å². The van der Waals surface area contributed by atoms with Crippen molar-refractivity contribution in [2.24, 2.45) is 17.3 Å². The molecular formula is C25H42N2S. The molecule has 0 bridgehead atoms. The molecule has 2 N–H and O–H groups in total. The summed E-state index contributed by atoms with van der Waals surface area (Å²) < 4.78 is 0. The Morgan fingerprint density at radius 2 is 1.82 bits per heavy atom. The molecule has 2 saturated carbocycles. The Labute approximate surface area is 178 Å². The molecule has 28 heavy (non-hydrogen) atoms. The zero-order valence-electron chi connectivity index (χ0n) is 18.7. The van der Waals surface area contributed by atoms with E-state index < -0.39 is 0 Å². The monoisotopic (exact) mass is 402 g/mol. The van der Waals surface area contributed by atoms with Gasteiger partial charge < -0.3 is 10.6 Å². The molecule has 2 atom stereocenters. The van der Waals surface area contributed by atoms with E-state index in [0.29, 0.717) is 17.5 Å². The van der Waals surface area contributed by atoms with Gasteiger partial charge in [0.1, 0.15) is 0 Å². The standard InChI is InChI=1S/C25H42N2S/c1-6-21(19(3)27-22-7-11-25(4,5)12-8-22)15-18(2)23-16-24(23)26-17-20-9-13-28-14-10-20/h6,15,20,22-24,26-27H,3,7-14,16-17H2,1-2,4-5H3/b18-15+,21-6+. The Morgan fingerprint density at radius 3 is 2.46 bits per heavy atom. The fourth-order valence-electron chi connectivity index (χ4n) is 4.76. The summed E-state index contributed by atoms with van der Waals surface area (Å²) in [5.74, 6) is 4.34. The highest BCUT2D eigenvalue weighted by molar-refractivity contribution is 7.99. The van der Waals surface area contributed by atoms with E-state index in [1.807, 2.05) is 0 Å². The van der Waals surface area contributed by atoms with Crippen molar-refractivity contribution >= 4 is 11.8 Å². The molecule has 3 aliphatic rings. The molecule has 0 aromatic rings. The number of rotatable bonds is 8. The van der Waals surface area contributed by atoms with Gasteiger partial charge in [-0.3, -0.25) is 0 Å². The first kappa shape index (κ1) is 22.0. The number of nitrogens with one attached hydrogen (secondary N) is 2. The molecule has 2 nitrogen and oxygen atoms in total. The van der Waals surface area contributed by atoms with E-state index in [4.69, 9.17) is 0 Å². The first-order valence-corrected chi connectivity index (χ1v) is 12.6. The molecule has 0 aromatic carbocycles. The highest BCUT2D eigenvalue weighted by atomic mass is 32.2. The zero-order chi connectivity index (χ0) is 20.1. The summed E-state index contributed by atoms with van der Waals surface area (Å²) in [6.07, 6.45) is 13.9. The maximum Gasteiger partial charge on any atom is 0.0339 e. The second-order valence-corrected chi connectivity index (χ2v) is 11.3. The van der Waals surface area contributed by atoms with Crippen molar-refractivity contribution in [1.82, 2.24) is 10.6 Å². The van der Waals surface area contributed by atoms with Crippen molar-refractivity contribution in [3.05, 3.63) is 35.6 Å². The van der Waals surface area contributed by atoms with Gasteiger partial charge in [0.15, 0.2) is 0 Å². The third-order valence-corrected chi connectivity index (χ3v) is 8.19. The Bertz CT molecular complexity index is 588. The van der Waals surface area contributed by atoms with Gasteiger partial charge >= 0.3 is 0 Å². The van der Waals surface area contributed by atoms with E-state index in [0.717, 1.165) is 17.5 Å². The van der Waals surface area contributed by atoms with Crippen molar-refractivity contribution in [1.29, 1.82) is 0 Å². The lowest BCUT2D eigenvalue weighted by Gasteiger charge is -2.35. The summed E-state index contributed by atoms with van der Waals surface area (Å²) in [7, 11) is 0. The van der Waals surface area contributed by atoms with Crippen LogP contribution in [0, 0.1) is 17.3 Å². The van der Waals surface area contributed by atoms with E-state index in [-0.39, 0.29) is 0 Å². The molecule has 0 radical (unpaired) electrons. The topological polar surface area (TPSA) is 24.1 Å². The summed E-state index contributed by atoms with van der Waals surface area (Å²) in [5.41, 5.74) is 4.41. The molecule has 1 aliphatic heterocycles. The third kappa shape index (κ3) is 6.42. The lowest BCUT2D eigenvalue weighted by Crippen LogP contribution is -2.35. The zero-order valence-corrected chi connectivity index (χ0v) is 19.5. The van der Waals surface area contributed by atoms with Crippen LogP contribution in [-0.2, 0) is 0 Å². The predicted molar refractivity (Wildman–Crippen MR) is 126 cm³/mol. The fourth-order valence-corrected chi connectivity index (χ4v) is 5.97. The summed E-state index contributed by atoms with van der Waals surface area (Å²) in [4.78, 5) is 0. The average Bonchev–Trinajstić information content (AvgIpc) is 3.46. The van der Waals surface area contributed by atoms with Crippen LogP contribution in [0.15, 0.2) is 35.6 Å². The Kier molecular flexibility index (Phi) is 7.78. The minimum absolute atomic E-state index is 0.518. The van der Waals surface area contributed by atoms with Crippen molar-refractivity contribution in [3.63, 3.8) is 0 Å². The molecule has 0 spiro atoms. The molecule has 158 valence electrons. The van der Waals surface area contributed by atoms with Gasteiger partial charge in [0, 0.05) is 17.8 Å². The molecule has 1 heterocycles. The number of hydrogen-bond acceptors (Lipinski definition) is 3. The molecular weight excluding hydrogens is 360 g/mol. The molecule has 3 fully saturated rings. The fraction of sp³-hybridized carbons (Fsp3) is 0.760. The van der Waals surface area contributed by atoms with Crippen LogP contribution in [0.5, 0.6) is 0 Å². The minimum atomic E-state index is 0.518. The van der Waals surface area contributed by atoms with E-state index in [2.05, 4.69) is 68.8 Å². The minimum Gasteiger partial charge on any atom is -0.382 e. The van der Waals surface area contributed by atoms with Crippen molar-refractivity contribution in [2.45, 2.75) is 84.7 Å². The van der Waals surface area contributed by atoms with Gasteiger partial charge in [-0.2, -0.15) is 11.8 Å². The predicted octanol–water partition coefficient (Wildman–Crippen LogP) is 6.07. The molecule has 0 aromatic heterocycles. The van der Waals surface area contributed by atoms with E-state index in [1.54, 1.807) is 0 Å². The molecule has 3 heteroatoms. The first-order valence-electron chi connectivity index (χ1n) is 11.5. The van der Waals surface area contributed by atoms with Gasteiger partial charge in [0.25, 0.3) is 0 Å². The van der Waals surface area contributed by atoms with E-state index >= 15 is 0 Å². The summed E-state index contributed by atoms with van der Waals surface area (Å²) in [5, 5.41) is 7.57. The van der Waals surface area contributed by atoms with Gasteiger partial charge in [-0.1, -0.05) is 38.2 Å². The van der Waals surface area contributed by atoms with Gasteiger partial charge in [-0.25, -0.2) is 0 Å². The van der Waals surface area contributed by atoms with Crippen LogP contribution < -0.4 is 10.6 Å². The van der Waals surface area contributed by atoms with Crippen molar-refractivity contribution in [2.75, 3.05) is 18.1 Å². The quantitative estimate of drug-likeness (QED) is 0.482. The molecule has 1 saturated heterocycles. The van der Waals surface area contributed by atoms with Crippen LogP contribution in [0.25, 0.3) is 0 Å². The van der Waals surface area contributed by atoms with Gasteiger partial charge in [-0.15, -0.1) is 0 Å². The molecule has 2 unspecified atom stereocenters. The summed E-state index contributed by atoms with van der Waals surface area (Å²) in [6, 6.07) is 1.29. The normalized spacial score (nSPS) is 29.6. The third-order valence-electron chi connectivity index (χ3n) is 7.15. The number of thioether (sulfide) groups is 1. The Hall–Kier alpha value is -0.670. The largest absolute Gasteiger partial charge is 0.382 e. The van der Waals surface area contributed by atoms with Gasteiger partial charge in [0.05, 0.1) is 0 Å². The molecule has 3 rings (SSSR count). The van der Waals surface area contributed by atoms with Crippen molar-refractivity contribution < 1.29 is 0 Å². The lowest BCUT2D eigenvalue weighted by molar-refractivity contribution is 0.213.